The first-order valence-corrected chi connectivity index (χ1v) is 4.78. The second-order valence-electron chi connectivity index (χ2n) is 3.51. The minimum atomic E-state index is -1.19. The minimum Gasteiger partial charge on any atom is -0.478 e. The number of rotatable bonds is 3. The molecule has 5 nitrogen and oxygen atoms in total. The van der Waals surface area contributed by atoms with Crippen molar-refractivity contribution in [3.8, 4) is 0 Å². The van der Waals surface area contributed by atoms with E-state index in [1.165, 1.54) is 0 Å². The van der Waals surface area contributed by atoms with Crippen LogP contribution >= 0.6 is 0 Å². The van der Waals surface area contributed by atoms with Gasteiger partial charge in [0.15, 0.2) is 0 Å². The summed E-state index contributed by atoms with van der Waals surface area (Å²) in [6, 6.07) is 0. The second kappa shape index (κ2) is 5.16. The molecule has 86 valence electrons. The molecule has 1 aliphatic carbocycles. The smallest absolute Gasteiger partial charge is 0.336 e. The number of carboxylic acids is 1. The lowest BCUT2D eigenvalue weighted by Gasteiger charge is -2.18. The first-order chi connectivity index (χ1) is 7.49. The lowest BCUT2D eigenvalue weighted by molar-refractivity contribution is -0.136. The maximum absolute atomic E-state index is 11.2. The zero-order valence-electron chi connectivity index (χ0n) is 8.84. The van der Waals surface area contributed by atoms with E-state index >= 15 is 0 Å². The highest BCUT2D eigenvalue weighted by Gasteiger charge is 2.16. The summed E-state index contributed by atoms with van der Waals surface area (Å²) in [5.41, 5.74) is 6.33. The van der Waals surface area contributed by atoms with Gasteiger partial charge < -0.3 is 15.6 Å². The van der Waals surface area contributed by atoms with Gasteiger partial charge in [-0.25, -0.2) is 9.59 Å². The fraction of sp³-hybridized carbons (Fsp3) is 0.273. The van der Waals surface area contributed by atoms with Crippen LogP contribution < -0.4 is 5.73 Å². The Balaban J connectivity index is 2.61. The number of carbonyl (C=O) groups excluding carboxylic acids is 1. The predicted octanol–water partition coefficient (Wildman–Crippen LogP) is 0.937. The Kier molecular flexibility index (Phi) is 3.88. The van der Waals surface area contributed by atoms with Crippen molar-refractivity contribution in [2.75, 3.05) is 0 Å². The highest BCUT2D eigenvalue weighted by Crippen LogP contribution is 2.23. The molecule has 0 heterocycles. The van der Waals surface area contributed by atoms with Crippen LogP contribution in [-0.2, 0) is 14.3 Å². The molecule has 5 heteroatoms. The highest BCUT2D eigenvalue weighted by molar-refractivity contribution is 5.91. The number of aliphatic carboxylic acids is 1. The number of carboxylic acid groups (broad SMARTS) is 1. The van der Waals surface area contributed by atoms with Crippen molar-refractivity contribution in [1.29, 1.82) is 0 Å². The van der Waals surface area contributed by atoms with E-state index in [4.69, 9.17) is 15.6 Å². The molecular formula is C11H13NO4. The van der Waals surface area contributed by atoms with Gasteiger partial charge in [-0.05, 0) is 18.6 Å². The summed E-state index contributed by atoms with van der Waals surface area (Å²) in [5.74, 6) is -1.37. The number of allylic oxidation sites excluding steroid dienone is 4. The molecule has 1 unspecified atom stereocenters. The van der Waals surface area contributed by atoms with E-state index in [9.17, 15) is 9.59 Å². The average molecular weight is 223 g/mol. The molecule has 0 aliphatic heterocycles. The fourth-order valence-corrected chi connectivity index (χ4v) is 1.30. The van der Waals surface area contributed by atoms with Crippen molar-refractivity contribution in [3.63, 3.8) is 0 Å². The van der Waals surface area contributed by atoms with Gasteiger partial charge in [0.2, 0.25) is 0 Å². The number of nitrogens with two attached hydrogens (primary N) is 1. The number of hydrogen-bond donors (Lipinski definition) is 2. The zero-order chi connectivity index (χ0) is 12.1. The lowest BCUT2D eigenvalue weighted by atomic mass is 9.98. The average Bonchev–Trinajstić information content (AvgIpc) is 2.19. The molecule has 0 amide bonds. The van der Waals surface area contributed by atoms with Crippen molar-refractivity contribution in [1.82, 2.24) is 0 Å². The number of esters is 1. The molecule has 1 aliphatic rings. The maximum Gasteiger partial charge on any atom is 0.336 e. The van der Waals surface area contributed by atoms with Gasteiger partial charge in [-0.15, -0.1) is 0 Å². The molecule has 0 spiro atoms. The first-order valence-electron chi connectivity index (χ1n) is 4.78. The third-order valence-corrected chi connectivity index (χ3v) is 2.07. The minimum absolute atomic E-state index is 0.0205. The van der Waals surface area contributed by atoms with Gasteiger partial charge >= 0.3 is 11.9 Å². The fourth-order valence-electron chi connectivity index (χ4n) is 1.30. The summed E-state index contributed by atoms with van der Waals surface area (Å²) in [5, 5.41) is 8.32. The van der Waals surface area contributed by atoms with Crippen LogP contribution in [0.5, 0.6) is 0 Å². The van der Waals surface area contributed by atoms with Crippen molar-refractivity contribution in [2.45, 2.75) is 13.3 Å². The number of hydrogen-bond acceptors (Lipinski definition) is 4. The van der Waals surface area contributed by atoms with Gasteiger partial charge in [-0.2, -0.15) is 0 Å². The summed E-state index contributed by atoms with van der Waals surface area (Å²) in [7, 11) is 0. The SMILES string of the molecule is CC1CC(N)=CC=C1OC(=O)/C=C\C(=O)O. The van der Waals surface area contributed by atoms with Crippen LogP contribution in [0.25, 0.3) is 0 Å². The molecule has 0 bridgehead atoms. The van der Waals surface area contributed by atoms with Crippen LogP contribution in [-0.4, -0.2) is 17.0 Å². The van der Waals surface area contributed by atoms with Crippen LogP contribution in [0.15, 0.2) is 35.8 Å². The Hall–Kier alpha value is -2.04. The third kappa shape index (κ3) is 3.61. The van der Waals surface area contributed by atoms with Crippen LogP contribution in [0.3, 0.4) is 0 Å². The summed E-state index contributed by atoms with van der Waals surface area (Å²) < 4.78 is 4.97. The Morgan fingerprint density at radius 2 is 2.19 bits per heavy atom. The van der Waals surface area contributed by atoms with Gasteiger partial charge in [0.25, 0.3) is 0 Å². The van der Waals surface area contributed by atoms with Crippen LogP contribution in [0.4, 0.5) is 0 Å². The summed E-state index contributed by atoms with van der Waals surface area (Å²) in [6.07, 6.45) is 5.53. The van der Waals surface area contributed by atoms with Crippen molar-refractivity contribution in [3.05, 3.63) is 35.8 Å². The van der Waals surface area contributed by atoms with E-state index in [0.717, 1.165) is 17.8 Å². The summed E-state index contributed by atoms with van der Waals surface area (Å²) in [4.78, 5) is 21.3. The van der Waals surface area contributed by atoms with Crippen molar-refractivity contribution < 1.29 is 19.4 Å². The quantitative estimate of drug-likeness (QED) is 0.549. The predicted molar refractivity (Wildman–Crippen MR) is 57.0 cm³/mol. The largest absolute Gasteiger partial charge is 0.478 e. The molecule has 0 saturated heterocycles. The van der Waals surface area contributed by atoms with Crippen LogP contribution in [0.1, 0.15) is 13.3 Å². The maximum atomic E-state index is 11.2. The third-order valence-electron chi connectivity index (χ3n) is 2.07. The lowest BCUT2D eigenvalue weighted by Crippen LogP contribution is -2.14. The van der Waals surface area contributed by atoms with Gasteiger partial charge in [0.1, 0.15) is 5.76 Å². The van der Waals surface area contributed by atoms with Gasteiger partial charge in [0.05, 0.1) is 0 Å². The van der Waals surface area contributed by atoms with E-state index in [0.29, 0.717) is 12.2 Å². The molecule has 0 saturated carbocycles. The second-order valence-corrected chi connectivity index (χ2v) is 3.51. The highest BCUT2D eigenvalue weighted by atomic mass is 16.5. The molecule has 0 fully saturated rings. The summed E-state index contributed by atoms with van der Waals surface area (Å²) >= 11 is 0. The topological polar surface area (TPSA) is 89.6 Å². The van der Waals surface area contributed by atoms with Crippen LogP contribution in [0.2, 0.25) is 0 Å². The monoisotopic (exact) mass is 223 g/mol. The molecule has 0 aromatic rings. The molecule has 16 heavy (non-hydrogen) atoms. The summed E-state index contributed by atoms with van der Waals surface area (Å²) in [6.45, 7) is 1.87. The van der Waals surface area contributed by atoms with Crippen LogP contribution in [0, 0.1) is 5.92 Å². The Morgan fingerprint density at radius 1 is 1.50 bits per heavy atom. The van der Waals surface area contributed by atoms with Crippen molar-refractivity contribution >= 4 is 11.9 Å². The Bertz CT molecular complexity index is 393. The number of carbonyl (C=O) groups is 2. The van der Waals surface area contributed by atoms with Gasteiger partial charge in [-0.1, -0.05) is 6.92 Å². The molecule has 0 aromatic carbocycles. The zero-order valence-corrected chi connectivity index (χ0v) is 8.84. The van der Waals surface area contributed by atoms with E-state index in [1.807, 2.05) is 6.92 Å². The molecule has 0 aromatic heterocycles. The standard InChI is InChI=1S/C11H13NO4/c1-7-6-8(12)2-3-9(7)16-11(15)5-4-10(13)14/h2-5,7H,6,12H2,1H3,(H,13,14)/b5-4-. The Morgan fingerprint density at radius 3 is 2.75 bits per heavy atom. The molecule has 1 rings (SSSR count). The van der Waals surface area contributed by atoms with Gasteiger partial charge in [0, 0.05) is 23.8 Å². The van der Waals surface area contributed by atoms with Gasteiger partial charge in [-0.3, -0.25) is 0 Å². The normalized spacial score (nSPS) is 20.2. The Labute approximate surface area is 92.9 Å². The number of ether oxygens (including phenoxy) is 1. The molecule has 1 atom stereocenters. The van der Waals surface area contributed by atoms with E-state index in [1.54, 1.807) is 12.2 Å². The van der Waals surface area contributed by atoms with E-state index in [-0.39, 0.29) is 5.92 Å². The molecule has 3 N–H and O–H groups in total. The van der Waals surface area contributed by atoms with E-state index in [2.05, 4.69) is 0 Å². The van der Waals surface area contributed by atoms with E-state index < -0.39 is 11.9 Å². The molecule has 0 radical (unpaired) electrons. The molecular weight excluding hydrogens is 210 g/mol. The van der Waals surface area contributed by atoms with Crippen molar-refractivity contribution in [2.24, 2.45) is 11.7 Å². The first kappa shape index (κ1) is 12.0.